The number of rotatable bonds is 4. The molecule has 0 spiro atoms. The SMILES string of the molecule is NC1(Cc2cccc(C(=O)NC3CCCCCC3)c2)CC1. The molecule has 21 heavy (non-hydrogen) atoms. The quantitative estimate of drug-likeness (QED) is 0.835. The zero-order valence-electron chi connectivity index (χ0n) is 12.7. The van der Waals surface area contributed by atoms with Gasteiger partial charge in [0, 0.05) is 17.1 Å². The smallest absolute Gasteiger partial charge is 0.251 e. The molecule has 0 heterocycles. The van der Waals surface area contributed by atoms with E-state index >= 15 is 0 Å². The zero-order chi connectivity index (χ0) is 14.7. The van der Waals surface area contributed by atoms with Crippen LogP contribution >= 0.6 is 0 Å². The highest BCUT2D eigenvalue weighted by Gasteiger charge is 2.37. The summed E-state index contributed by atoms with van der Waals surface area (Å²) in [6, 6.07) is 8.33. The summed E-state index contributed by atoms with van der Waals surface area (Å²) in [4.78, 5) is 12.4. The third kappa shape index (κ3) is 4.07. The number of nitrogens with two attached hydrogens (primary N) is 1. The summed E-state index contributed by atoms with van der Waals surface area (Å²) in [5, 5.41) is 3.21. The lowest BCUT2D eigenvalue weighted by molar-refractivity contribution is 0.0933. The minimum atomic E-state index is -0.00358. The fourth-order valence-corrected chi connectivity index (χ4v) is 3.26. The lowest BCUT2D eigenvalue weighted by Gasteiger charge is -2.17. The van der Waals surface area contributed by atoms with Crippen LogP contribution in [-0.4, -0.2) is 17.5 Å². The first-order valence-corrected chi connectivity index (χ1v) is 8.33. The average molecular weight is 286 g/mol. The fourth-order valence-electron chi connectivity index (χ4n) is 3.26. The molecule has 1 aromatic carbocycles. The third-order valence-electron chi connectivity index (χ3n) is 4.83. The van der Waals surface area contributed by atoms with Crippen molar-refractivity contribution in [2.45, 2.75) is 69.4 Å². The van der Waals surface area contributed by atoms with Crippen LogP contribution in [0.3, 0.4) is 0 Å². The van der Waals surface area contributed by atoms with E-state index in [0.717, 1.165) is 37.7 Å². The van der Waals surface area contributed by atoms with E-state index in [0.29, 0.717) is 6.04 Å². The van der Waals surface area contributed by atoms with Crippen LogP contribution in [0.25, 0.3) is 0 Å². The van der Waals surface area contributed by atoms with Crippen molar-refractivity contribution in [1.29, 1.82) is 0 Å². The number of amides is 1. The van der Waals surface area contributed by atoms with Crippen molar-refractivity contribution in [3.05, 3.63) is 35.4 Å². The minimum absolute atomic E-state index is 0.00358. The molecule has 1 aromatic rings. The highest BCUT2D eigenvalue weighted by Crippen LogP contribution is 2.35. The van der Waals surface area contributed by atoms with E-state index in [1.165, 1.54) is 31.2 Å². The molecule has 0 radical (unpaired) electrons. The number of benzene rings is 1. The highest BCUT2D eigenvalue weighted by atomic mass is 16.1. The summed E-state index contributed by atoms with van der Waals surface area (Å²) < 4.78 is 0. The predicted molar refractivity (Wildman–Crippen MR) is 85.3 cm³/mol. The van der Waals surface area contributed by atoms with E-state index in [-0.39, 0.29) is 11.4 Å². The molecular formula is C18H26N2O. The maximum Gasteiger partial charge on any atom is 0.251 e. The number of hydrogen-bond donors (Lipinski definition) is 2. The summed E-state index contributed by atoms with van der Waals surface area (Å²) in [7, 11) is 0. The Kier molecular flexibility index (Phi) is 4.29. The van der Waals surface area contributed by atoms with Gasteiger partial charge in [0.1, 0.15) is 0 Å². The van der Waals surface area contributed by atoms with E-state index < -0.39 is 0 Å². The molecule has 1 amide bonds. The molecular weight excluding hydrogens is 260 g/mol. The van der Waals surface area contributed by atoms with Gasteiger partial charge in [-0.3, -0.25) is 4.79 Å². The minimum Gasteiger partial charge on any atom is -0.349 e. The second-order valence-electron chi connectivity index (χ2n) is 6.90. The van der Waals surface area contributed by atoms with Crippen molar-refractivity contribution in [2.24, 2.45) is 5.73 Å². The van der Waals surface area contributed by atoms with Crippen molar-refractivity contribution < 1.29 is 4.79 Å². The molecule has 2 saturated carbocycles. The molecule has 3 heteroatoms. The fraction of sp³-hybridized carbons (Fsp3) is 0.611. The Labute approximate surface area is 127 Å². The van der Waals surface area contributed by atoms with E-state index in [4.69, 9.17) is 5.73 Å². The van der Waals surface area contributed by atoms with Crippen molar-refractivity contribution in [3.8, 4) is 0 Å². The van der Waals surface area contributed by atoms with Crippen LogP contribution in [0, 0.1) is 0 Å². The number of carbonyl (C=O) groups is 1. The van der Waals surface area contributed by atoms with Gasteiger partial charge in [0.2, 0.25) is 0 Å². The van der Waals surface area contributed by atoms with Gasteiger partial charge in [-0.2, -0.15) is 0 Å². The number of carbonyl (C=O) groups excluding carboxylic acids is 1. The van der Waals surface area contributed by atoms with Crippen LogP contribution in [0.15, 0.2) is 24.3 Å². The van der Waals surface area contributed by atoms with Crippen molar-refractivity contribution >= 4 is 5.91 Å². The molecule has 0 aliphatic heterocycles. The van der Waals surface area contributed by atoms with Gasteiger partial charge in [-0.1, -0.05) is 37.8 Å². The lowest BCUT2D eigenvalue weighted by Crippen LogP contribution is -2.34. The van der Waals surface area contributed by atoms with Gasteiger partial charge in [0.25, 0.3) is 5.91 Å². The van der Waals surface area contributed by atoms with Crippen molar-refractivity contribution in [1.82, 2.24) is 5.32 Å². The first kappa shape index (κ1) is 14.6. The normalized spacial score (nSPS) is 21.6. The molecule has 0 unspecified atom stereocenters. The molecule has 0 saturated heterocycles. The largest absolute Gasteiger partial charge is 0.349 e. The Morgan fingerprint density at radius 3 is 2.57 bits per heavy atom. The van der Waals surface area contributed by atoms with E-state index in [9.17, 15) is 4.79 Å². The van der Waals surface area contributed by atoms with Gasteiger partial charge >= 0.3 is 0 Å². The van der Waals surface area contributed by atoms with Crippen LogP contribution in [0.1, 0.15) is 67.3 Å². The average Bonchev–Trinajstić information content (AvgIpc) is 3.23. The van der Waals surface area contributed by atoms with Crippen molar-refractivity contribution in [3.63, 3.8) is 0 Å². The first-order chi connectivity index (χ1) is 10.1. The summed E-state index contributed by atoms with van der Waals surface area (Å²) in [5.74, 6) is 0.0746. The number of nitrogens with one attached hydrogen (secondary N) is 1. The highest BCUT2D eigenvalue weighted by molar-refractivity contribution is 5.94. The molecule has 2 aliphatic rings. The zero-order valence-corrected chi connectivity index (χ0v) is 12.7. The molecule has 3 N–H and O–H groups in total. The Morgan fingerprint density at radius 1 is 1.19 bits per heavy atom. The van der Waals surface area contributed by atoms with Crippen LogP contribution in [-0.2, 0) is 6.42 Å². The Balaban J connectivity index is 1.62. The van der Waals surface area contributed by atoms with Gasteiger partial charge in [-0.25, -0.2) is 0 Å². The maximum atomic E-state index is 12.4. The molecule has 2 aliphatic carbocycles. The summed E-state index contributed by atoms with van der Waals surface area (Å²) >= 11 is 0. The van der Waals surface area contributed by atoms with Crippen molar-refractivity contribution in [2.75, 3.05) is 0 Å². The Bertz CT molecular complexity index is 500. The maximum absolute atomic E-state index is 12.4. The molecule has 0 atom stereocenters. The Morgan fingerprint density at radius 2 is 1.90 bits per heavy atom. The molecule has 114 valence electrons. The standard InChI is InChI=1S/C18H26N2O/c19-18(10-11-18)13-14-6-5-7-15(12-14)17(21)20-16-8-3-1-2-4-9-16/h5-7,12,16H,1-4,8-11,13,19H2,(H,20,21). The molecule has 0 aromatic heterocycles. The van der Waals surface area contributed by atoms with Gasteiger partial charge in [-0.15, -0.1) is 0 Å². The predicted octanol–water partition coefficient (Wildman–Crippen LogP) is 3.17. The van der Waals surface area contributed by atoms with Gasteiger partial charge in [-0.05, 0) is 49.8 Å². The molecule has 3 nitrogen and oxygen atoms in total. The monoisotopic (exact) mass is 286 g/mol. The topological polar surface area (TPSA) is 55.1 Å². The van der Waals surface area contributed by atoms with Crippen LogP contribution in [0.5, 0.6) is 0 Å². The molecule has 3 rings (SSSR count). The molecule has 2 fully saturated rings. The lowest BCUT2D eigenvalue weighted by atomic mass is 10.0. The second kappa shape index (κ2) is 6.18. The Hall–Kier alpha value is -1.35. The van der Waals surface area contributed by atoms with Crippen LogP contribution in [0.2, 0.25) is 0 Å². The van der Waals surface area contributed by atoms with E-state index in [2.05, 4.69) is 11.4 Å². The van der Waals surface area contributed by atoms with E-state index in [1.54, 1.807) is 0 Å². The van der Waals surface area contributed by atoms with Gasteiger partial charge in [0.15, 0.2) is 0 Å². The van der Waals surface area contributed by atoms with Crippen LogP contribution in [0.4, 0.5) is 0 Å². The third-order valence-corrected chi connectivity index (χ3v) is 4.83. The second-order valence-corrected chi connectivity index (χ2v) is 6.90. The van der Waals surface area contributed by atoms with Crippen LogP contribution < -0.4 is 11.1 Å². The number of hydrogen-bond acceptors (Lipinski definition) is 2. The summed E-state index contributed by atoms with van der Waals surface area (Å²) in [6.07, 6.45) is 10.4. The first-order valence-electron chi connectivity index (χ1n) is 8.33. The van der Waals surface area contributed by atoms with E-state index in [1.807, 2.05) is 18.2 Å². The summed E-state index contributed by atoms with van der Waals surface area (Å²) in [6.45, 7) is 0. The summed E-state index contributed by atoms with van der Waals surface area (Å²) in [5.41, 5.74) is 8.13. The van der Waals surface area contributed by atoms with Gasteiger partial charge < -0.3 is 11.1 Å². The molecule has 0 bridgehead atoms. The van der Waals surface area contributed by atoms with Gasteiger partial charge in [0.05, 0.1) is 0 Å².